The maximum atomic E-state index is 12.7. The first-order chi connectivity index (χ1) is 16.0. The Kier molecular flexibility index (Phi) is 7.37. The molecule has 1 aromatic heterocycles. The van der Waals surface area contributed by atoms with Crippen molar-refractivity contribution >= 4 is 17.8 Å². The molecule has 1 aliphatic carbocycles. The van der Waals surface area contributed by atoms with Crippen molar-refractivity contribution in [3.05, 3.63) is 65.0 Å². The van der Waals surface area contributed by atoms with E-state index in [0.717, 1.165) is 48.9 Å². The fourth-order valence-corrected chi connectivity index (χ4v) is 4.78. The van der Waals surface area contributed by atoms with Crippen LogP contribution >= 0.6 is 0 Å². The Morgan fingerprint density at radius 3 is 2.58 bits per heavy atom. The first-order valence-corrected chi connectivity index (χ1v) is 11.7. The summed E-state index contributed by atoms with van der Waals surface area (Å²) in [6, 6.07) is 11.6. The molecule has 1 amide bonds. The van der Waals surface area contributed by atoms with Gasteiger partial charge in [0.2, 0.25) is 0 Å². The lowest BCUT2D eigenvalue weighted by atomic mass is 9.85. The van der Waals surface area contributed by atoms with Crippen molar-refractivity contribution in [2.24, 2.45) is 5.92 Å². The number of carbonyl (C=O) groups excluding carboxylic acids is 2. The van der Waals surface area contributed by atoms with E-state index in [9.17, 15) is 14.4 Å². The van der Waals surface area contributed by atoms with E-state index in [1.807, 2.05) is 30.3 Å². The Morgan fingerprint density at radius 2 is 1.85 bits per heavy atom. The molecule has 1 fully saturated rings. The predicted molar refractivity (Wildman–Crippen MR) is 122 cm³/mol. The molecule has 2 aliphatic rings. The summed E-state index contributed by atoms with van der Waals surface area (Å²) in [6.07, 6.45) is 5.93. The van der Waals surface area contributed by atoms with E-state index in [0.29, 0.717) is 25.9 Å². The highest BCUT2D eigenvalue weighted by Gasteiger charge is 2.28. The van der Waals surface area contributed by atoms with Crippen LogP contribution in [-0.4, -0.2) is 45.5 Å². The van der Waals surface area contributed by atoms with Crippen LogP contribution in [0.1, 0.15) is 54.5 Å². The number of aromatic nitrogens is 1. The lowest BCUT2D eigenvalue weighted by Crippen LogP contribution is -2.39. The number of nitrogens with zero attached hydrogens (tertiary/aromatic N) is 2. The zero-order valence-electron chi connectivity index (χ0n) is 18.7. The molecule has 0 atom stereocenters. The van der Waals surface area contributed by atoms with Crippen molar-refractivity contribution < 1.29 is 24.2 Å². The van der Waals surface area contributed by atoms with E-state index in [1.54, 1.807) is 11.1 Å². The molecule has 0 bridgehead atoms. The summed E-state index contributed by atoms with van der Waals surface area (Å²) in [7, 11) is 0. The Bertz CT molecular complexity index is 999. The molecule has 1 N–H and O–H groups in total. The van der Waals surface area contributed by atoms with E-state index < -0.39 is 5.97 Å². The fourth-order valence-electron chi connectivity index (χ4n) is 4.78. The van der Waals surface area contributed by atoms with E-state index in [1.165, 1.54) is 5.56 Å². The predicted octanol–water partition coefficient (Wildman–Crippen LogP) is 3.96. The molecule has 0 saturated heterocycles. The van der Waals surface area contributed by atoms with Crippen LogP contribution in [0.4, 0.5) is 4.79 Å². The fraction of sp³-hybridized carbons (Fsp3) is 0.462. The Hall–Kier alpha value is -3.22. The van der Waals surface area contributed by atoms with Gasteiger partial charge in [0.15, 0.2) is 0 Å². The van der Waals surface area contributed by atoms with Crippen molar-refractivity contribution in [2.75, 3.05) is 6.54 Å². The molecular formula is C26H30N2O5. The maximum absolute atomic E-state index is 12.7. The van der Waals surface area contributed by atoms with Gasteiger partial charge in [-0.15, -0.1) is 0 Å². The Balaban J connectivity index is 1.27. The molecular weight excluding hydrogens is 420 g/mol. The topological polar surface area (TPSA) is 96.8 Å². The molecule has 2 aromatic rings. The molecule has 1 saturated carbocycles. The van der Waals surface area contributed by atoms with Crippen molar-refractivity contribution in [1.82, 2.24) is 9.88 Å². The molecule has 0 unspecified atom stereocenters. The van der Waals surface area contributed by atoms with Gasteiger partial charge >= 0.3 is 12.1 Å². The summed E-state index contributed by atoms with van der Waals surface area (Å²) >= 11 is 0. The first kappa shape index (κ1) is 23.0. The van der Waals surface area contributed by atoms with Gasteiger partial charge in [-0.05, 0) is 66.8 Å². The van der Waals surface area contributed by atoms with Crippen LogP contribution in [0.15, 0.2) is 42.6 Å². The highest BCUT2D eigenvalue weighted by Crippen LogP contribution is 2.29. The van der Waals surface area contributed by atoms with Crippen molar-refractivity contribution in [2.45, 2.75) is 64.0 Å². The lowest BCUT2D eigenvalue weighted by Gasteiger charge is -2.32. The smallest absolute Gasteiger partial charge is 0.410 e. The number of hydrogen-bond acceptors (Lipinski definition) is 5. The highest BCUT2D eigenvalue weighted by atomic mass is 16.6. The molecule has 1 aliphatic heterocycles. The average molecular weight is 451 g/mol. The van der Waals surface area contributed by atoms with E-state index in [-0.39, 0.29) is 30.3 Å². The SMILES string of the molecule is O=C(O)CC1CCC(OC(=O)N2CCc3cc(CC(=O)Cc4ccccn4)ccc3C2)CC1. The normalized spacial score (nSPS) is 20.1. The third-order valence-electron chi connectivity index (χ3n) is 6.57. The van der Waals surface area contributed by atoms with Crippen LogP contribution in [-0.2, 0) is 40.1 Å². The Labute approximate surface area is 193 Å². The van der Waals surface area contributed by atoms with Gasteiger partial charge in [-0.1, -0.05) is 24.3 Å². The second-order valence-electron chi connectivity index (χ2n) is 9.11. The van der Waals surface area contributed by atoms with Crippen LogP contribution in [0.3, 0.4) is 0 Å². The second-order valence-corrected chi connectivity index (χ2v) is 9.11. The number of amides is 1. The van der Waals surface area contributed by atoms with Crippen LogP contribution in [0, 0.1) is 5.92 Å². The van der Waals surface area contributed by atoms with Gasteiger partial charge < -0.3 is 14.7 Å². The zero-order valence-corrected chi connectivity index (χ0v) is 18.7. The number of pyridine rings is 1. The van der Waals surface area contributed by atoms with Crippen molar-refractivity contribution in [3.8, 4) is 0 Å². The van der Waals surface area contributed by atoms with Crippen LogP contribution in [0.25, 0.3) is 0 Å². The Morgan fingerprint density at radius 1 is 1.03 bits per heavy atom. The quantitative estimate of drug-likeness (QED) is 0.686. The van der Waals surface area contributed by atoms with Gasteiger partial charge in [0.1, 0.15) is 11.9 Å². The first-order valence-electron chi connectivity index (χ1n) is 11.7. The number of ketones is 1. The minimum atomic E-state index is -0.761. The third-order valence-corrected chi connectivity index (χ3v) is 6.57. The number of rotatable bonds is 7. The standard InChI is InChI=1S/C26H30N2O5/c29-23(16-22-3-1-2-11-27-22)14-19-4-7-21-17-28(12-10-20(21)13-19)26(32)33-24-8-5-18(6-9-24)15-25(30)31/h1-4,7,11,13,18,24H,5-6,8-10,12,14-17H2,(H,30,31). The third kappa shape index (κ3) is 6.40. The minimum absolute atomic E-state index is 0.128. The number of Topliss-reactive ketones (excluding diaryl/α,β-unsaturated/α-hetero) is 1. The summed E-state index contributed by atoms with van der Waals surface area (Å²) in [5.74, 6) is -0.444. The van der Waals surface area contributed by atoms with E-state index >= 15 is 0 Å². The average Bonchev–Trinajstić information content (AvgIpc) is 2.80. The number of fused-ring (bicyclic) bond motifs is 1. The number of carboxylic acids is 1. The van der Waals surface area contributed by atoms with Crippen LogP contribution in [0.2, 0.25) is 0 Å². The number of hydrogen-bond donors (Lipinski definition) is 1. The summed E-state index contributed by atoms with van der Waals surface area (Å²) in [5.41, 5.74) is 4.04. The number of benzene rings is 1. The second kappa shape index (κ2) is 10.6. The number of aliphatic carboxylic acids is 1. The molecule has 33 heavy (non-hydrogen) atoms. The van der Waals surface area contributed by atoms with Gasteiger partial charge in [-0.2, -0.15) is 0 Å². The van der Waals surface area contributed by atoms with Gasteiger partial charge in [0.05, 0.1) is 0 Å². The summed E-state index contributed by atoms with van der Waals surface area (Å²) in [4.78, 5) is 41.9. The molecule has 7 heteroatoms. The van der Waals surface area contributed by atoms with E-state index in [4.69, 9.17) is 9.84 Å². The molecule has 0 radical (unpaired) electrons. The number of ether oxygens (including phenoxy) is 1. The van der Waals surface area contributed by atoms with Crippen LogP contribution in [0.5, 0.6) is 0 Å². The lowest BCUT2D eigenvalue weighted by molar-refractivity contribution is -0.138. The minimum Gasteiger partial charge on any atom is -0.481 e. The van der Waals surface area contributed by atoms with Gasteiger partial charge in [-0.25, -0.2) is 4.79 Å². The summed E-state index contributed by atoms with van der Waals surface area (Å²) in [5, 5.41) is 8.94. The number of carbonyl (C=O) groups is 3. The largest absolute Gasteiger partial charge is 0.481 e. The molecule has 4 rings (SSSR count). The van der Waals surface area contributed by atoms with Crippen molar-refractivity contribution in [3.63, 3.8) is 0 Å². The summed E-state index contributed by atoms with van der Waals surface area (Å²) < 4.78 is 5.72. The van der Waals surface area contributed by atoms with E-state index in [2.05, 4.69) is 11.1 Å². The van der Waals surface area contributed by atoms with Crippen molar-refractivity contribution in [1.29, 1.82) is 0 Å². The van der Waals surface area contributed by atoms with Gasteiger partial charge in [0, 0.05) is 44.2 Å². The molecule has 174 valence electrons. The van der Waals surface area contributed by atoms with Gasteiger partial charge in [0.25, 0.3) is 0 Å². The molecule has 2 heterocycles. The number of carboxylic acid groups (broad SMARTS) is 1. The van der Waals surface area contributed by atoms with Crippen LogP contribution < -0.4 is 0 Å². The summed E-state index contributed by atoms with van der Waals surface area (Å²) in [6.45, 7) is 1.09. The maximum Gasteiger partial charge on any atom is 0.410 e. The molecule has 1 aromatic carbocycles. The molecule has 0 spiro atoms. The monoisotopic (exact) mass is 450 g/mol. The highest BCUT2D eigenvalue weighted by molar-refractivity contribution is 5.82. The molecule has 7 nitrogen and oxygen atoms in total. The van der Waals surface area contributed by atoms with Gasteiger partial charge in [-0.3, -0.25) is 14.6 Å². The zero-order chi connectivity index (χ0) is 23.2.